The molecule has 1 atom stereocenters. The van der Waals surface area contributed by atoms with E-state index >= 15 is 0 Å². The second-order valence-corrected chi connectivity index (χ2v) is 6.88. The number of carbonyl (C=O) groups is 1. The van der Waals surface area contributed by atoms with Crippen molar-refractivity contribution in [2.75, 3.05) is 32.0 Å². The van der Waals surface area contributed by atoms with E-state index in [2.05, 4.69) is 32.7 Å². The molecule has 7 nitrogen and oxygen atoms in total. The van der Waals surface area contributed by atoms with Gasteiger partial charge in [0.1, 0.15) is 0 Å². The molecule has 1 aromatic carbocycles. The molecule has 0 spiro atoms. The van der Waals surface area contributed by atoms with Gasteiger partial charge in [0.05, 0.1) is 12.5 Å². The molecule has 4 rings (SSSR count). The highest BCUT2D eigenvalue weighted by Gasteiger charge is 2.29. The second kappa shape index (κ2) is 6.93. The van der Waals surface area contributed by atoms with E-state index in [0.29, 0.717) is 12.3 Å². The summed E-state index contributed by atoms with van der Waals surface area (Å²) in [6.07, 6.45) is 2.61. The number of carbonyl (C=O) groups excluding carboxylic acids is 1. The third-order valence-corrected chi connectivity index (χ3v) is 4.82. The van der Waals surface area contributed by atoms with Crippen molar-refractivity contribution in [1.29, 1.82) is 0 Å². The van der Waals surface area contributed by atoms with Gasteiger partial charge >= 0.3 is 0 Å². The maximum atomic E-state index is 11.8. The average Bonchev–Trinajstić information content (AvgIpc) is 3.37. The molecular weight excluding hydrogens is 318 g/mol. The van der Waals surface area contributed by atoms with Crippen molar-refractivity contribution in [1.82, 2.24) is 20.4 Å². The van der Waals surface area contributed by atoms with Crippen LogP contribution in [0, 0.1) is 5.92 Å². The number of piperazine rings is 1. The predicted molar refractivity (Wildman–Crippen MR) is 93.1 cm³/mol. The van der Waals surface area contributed by atoms with E-state index in [0.717, 1.165) is 49.6 Å². The maximum Gasteiger partial charge on any atom is 0.231 e. The Hall–Kier alpha value is -2.25. The highest BCUT2D eigenvalue weighted by atomic mass is 16.5. The van der Waals surface area contributed by atoms with E-state index in [9.17, 15) is 4.79 Å². The molecule has 2 aliphatic rings. The topological polar surface area (TPSA) is 83.3 Å². The predicted octanol–water partition coefficient (Wildman–Crippen LogP) is 1.58. The fourth-order valence-electron chi connectivity index (χ4n) is 3.04. The van der Waals surface area contributed by atoms with Crippen molar-refractivity contribution in [2.45, 2.75) is 25.3 Å². The largest absolute Gasteiger partial charge is 0.339 e. The Labute approximate surface area is 146 Å². The molecule has 1 saturated heterocycles. The molecule has 1 aromatic heterocycles. The summed E-state index contributed by atoms with van der Waals surface area (Å²) in [6, 6.07) is 7.98. The fourth-order valence-corrected chi connectivity index (χ4v) is 3.04. The maximum absolute atomic E-state index is 11.8. The summed E-state index contributed by atoms with van der Waals surface area (Å²) < 4.78 is 5.42. The van der Waals surface area contributed by atoms with E-state index in [-0.39, 0.29) is 17.9 Å². The number of amides is 1. The minimum atomic E-state index is 0.125. The van der Waals surface area contributed by atoms with E-state index in [1.165, 1.54) is 0 Å². The lowest BCUT2D eigenvalue weighted by atomic mass is 10.1. The first-order valence-electron chi connectivity index (χ1n) is 8.82. The molecule has 2 heterocycles. The SMILES string of the molecule is CN1CCNCC1c1noc(Cc2ccc(NC(=O)C3CC3)cc2)n1. The Morgan fingerprint density at radius 1 is 1.36 bits per heavy atom. The normalized spacial score (nSPS) is 21.2. The van der Waals surface area contributed by atoms with Crippen molar-refractivity contribution >= 4 is 11.6 Å². The van der Waals surface area contributed by atoms with Crippen LogP contribution in [-0.2, 0) is 11.2 Å². The van der Waals surface area contributed by atoms with Gasteiger partial charge in [-0.1, -0.05) is 17.3 Å². The fraction of sp³-hybridized carbons (Fsp3) is 0.500. The van der Waals surface area contributed by atoms with Crippen molar-refractivity contribution in [3.63, 3.8) is 0 Å². The summed E-state index contributed by atoms with van der Waals surface area (Å²) in [5, 5.41) is 10.4. The van der Waals surface area contributed by atoms with Crippen LogP contribution in [0.4, 0.5) is 5.69 Å². The van der Waals surface area contributed by atoms with Gasteiger partial charge < -0.3 is 15.2 Å². The van der Waals surface area contributed by atoms with Crippen LogP contribution >= 0.6 is 0 Å². The monoisotopic (exact) mass is 341 g/mol. The third kappa shape index (κ3) is 3.88. The molecule has 25 heavy (non-hydrogen) atoms. The van der Waals surface area contributed by atoms with Crippen LogP contribution in [0.1, 0.15) is 36.2 Å². The zero-order valence-corrected chi connectivity index (χ0v) is 14.4. The summed E-state index contributed by atoms with van der Waals surface area (Å²) in [5.41, 5.74) is 1.91. The second-order valence-electron chi connectivity index (χ2n) is 6.88. The Bertz CT molecular complexity index is 738. The van der Waals surface area contributed by atoms with Gasteiger partial charge in [-0.15, -0.1) is 0 Å². The van der Waals surface area contributed by atoms with Crippen LogP contribution in [0.2, 0.25) is 0 Å². The van der Waals surface area contributed by atoms with Crippen molar-refractivity contribution in [3.8, 4) is 0 Å². The number of rotatable bonds is 5. The molecule has 1 saturated carbocycles. The smallest absolute Gasteiger partial charge is 0.231 e. The Morgan fingerprint density at radius 2 is 2.16 bits per heavy atom. The number of nitrogens with zero attached hydrogens (tertiary/aromatic N) is 3. The lowest BCUT2D eigenvalue weighted by molar-refractivity contribution is -0.117. The van der Waals surface area contributed by atoms with Crippen LogP contribution in [0.5, 0.6) is 0 Å². The van der Waals surface area contributed by atoms with E-state index < -0.39 is 0 Å². The molecule has 1 amide bonds. The van der Waals surface area contributed by atoms with Gasteiger partial charge in [-0.2, -0.15) is 4.98 Å². The molecule has 2 fully saturated rings. The van der Waals surface area contributed by atoms with E-state index in [1.807, 2.05) is 24.3 Å². The van der Waals surface area contributed by atoms with Gasteiger partial charge in [0.15, 0.2) is 5.82 Å². The molecule has 2 aromatic rings. The van der Waals surface area contributed by atoms with E-state index in [4.69, 9.17) is 4.52 Å². The Kier molecular flexibility index (Phi) is 4.50. The van der Waals surface area contributed by atoms with Crippen LogP contribution in [0.25, 0.3) is 0 Å². The molecule has 1 unspecified atom stereocenters. The molecule has 0 bridgehead atoms. The van der Waals surface area contributed by atoms with Gasteiger partial charge in [0.25, 0.3) is 0 Å². The molecule has 1 aliphatic heterocycles. The Morgan fingerprint density at radius 3 is 2.88 bits per heavy atom. The number of hydrogen-bond donors (Lipinski definition) is 2. The highest BCUT2D eigenvalue weighted by Crippen LogP contribution is 2.30. The first-order valence-corrected chi connectivity index (χ1v) is 8.82. The summed E-state index contributed by atoms with van der Waals surface area (Å²) in [6.45, 7) is 2.80. The van der Waals surface area contributed by atoms with Gasteiger partial charge in [-0.05, 0) is 37.6 Å². The number of benzene rings is 1. The van der Waals surface area contributed by atoms with Gasteiger partial charge in [0, 0.05) is 31.2 Å². The van der Waals surface area contributed by atoms with Crippen molar-refractivity contribution < 1.29 is 9.32 Å². The number of aromatic nitrogens is 2. The minimum Gasteiger partial charge on any atom is -0.339 e. The average molecular weight is 341 g/mol. The van der Waals surface area contributed by atoms with E-state index in [1.54, 1.807) is 0 Å². The third-order valence-electron chi connectivity index (χ3n) is 4.82. The molecular formula is C18H23N5O2. The number of anilines is 1. The van der Waals surface area contributed by atoms with Crippen LogP contribution in [0.3, 0.4) is 0 Å². The summed E-state index contributed by atoms with van der Waals surface area (Å²) in [5.74, 6) is 1.69. The van der Waals surface area contributed by atoms with Gasteiger partial charge in [-0.25, -0.2) is 0 Å². The summed E-state index contributed by atoms with van der Waals surface area (Å²) in [7, 11) is 2.08. The lowest BCUT2D eigenvalue weighted by Gasteiger charge is -2.30. The standard InChI is InChI=1S/C18H23N5O2/c1-23-9-8-19-11-15(23)17-21-16(25-22-17)10-12-2-6-14(7-3-12)20-18(24)13-4-5-13/h2-3,6-7,13,15,19H,4-5,8-11H2,1H3,(H,20,24). The number of nitrogens with one attached hydrogen (secondary N) is 2. The van der Waals surface area contributed by atoms with Crippen molar-refractivity contribution in [3.05, 3.63) is 41.5 Å². The molecule has 0 radical (unpaired) electrons. The molecule has 132 valence electrons. The van der Waals surface area contributed by atoms with Crippen LogP contribution < -0.4 is 10.6 Å². The first kappa shape index (κ1) is 16.2. The van der Waals surface area contributed by atoms with Crippen LogP contribution in [-0.4, -0.2) is 47.6 Å². The van der Waals surface area contributed by atoms with Gasteiger partial charge in [0.2, 0.25) is 11.8 Å². The quantitative estimate of drug-likeness (QED) is 0.859. The van der Waals surface area contributed by atoms with Crippen molar-refractivity contribution in [2.24, 2.45) is 5.92 Å². The Balaban J connectivity index is 1.37. The molecule has 2 N–H and O–H groups in total. The number of likely N-dealkylation sites (N-methyl/N-ethyl adjacent to an activating group) is 1. The molecule has 7 heteroatoms. The zero-order valence-electron chi connectivity index (χ0n) is 14.4. The minimum absolute atomic E-state index is 0.125. The highest BCUT2D eigenvalue weighted by molar-refractivity contribution is 5.93. The zero-order chi connectivity index (χ0) is 17.2. The molecule has 1 aliphatic carbocycles. The number of hydrogen-bond acceptors (Lipinski definition) is 6. The first-order chi connectivity index (χ1) is 12.2. The van der Waals surface area contributed by atoms with Crippen LogP contribution in [0.15, 0.2) is 28.8 Å². The summed E-state index contributed by atoms with van der Waals surface area (Å²) >= 11 is 0. The van der Waals surface area contributed by atoms with Gasteiger partial charge in [-0.3, -0.25) is 9.69 Å². The summed E-state index contributed by atoms with van der Waals surface area (Å²) in [4.78, 5) is 18.6. The lowest BCUT2D eigenvalue weighted by Crippen LogP contribution is -2.44.